The summed E-state index contributed by atoms with van der Waals surface area (Å²) in [6.45, 7) is 6.50. The number of hydrogen-bond donors (Lipinski definition) is 0. The summed E-state index contributed by atoms with van der Waals surface area (Å²) < 4.78 is 15.3. The molecule has 0 aliphatic carbocycles. The Morgan fingerprint density at radius 2 is 1.48 bits per heavy atom. The van der Waals surface area contributed by atoms with Gasteiger partial charge in [0.2, 0.25) is 0 Å². The number of furan rings is 1. The van der Waals surface area contributed by atoms with Crippen LogP contribution in [0.5, 0.6) is 11.5 Å². The van der Waals surface area contributed by atoms with E-state index in [2.05, 4.69) is 150 Å². The van der Waals surface area contributed by atoms with Crippen molar-refractivity contribution in [1.82, 2.24) is 9.55 Å². The third-order valence-electron chi connectivity index (χ3n) is 9.71. The predicted molar refractivity (Wildman–Crippen MR) is 206 cm³/mol. The first-order valence-electron chi connectivity index (χ1n) is 17.2. The van der Waals surface area contributed by atoms with E-state index in [0.29, 0.717) is 17.4 Å². The Kier molecular flexibility index (Phi) is 7.86. The van der Waals surface area contributed by atoms with Gasteiger partial charge < -0.3 is 23.5 Å². The Bertz CT molecular complexity index is 2770. The van der Waals surface area contributed by atoms with E-state index in [0.717, 1.165) is 72.3 Å². The molecule has 6 nitrogen and oxygen atoms in total. The van der Waals surface area contributed by atoms with Gasteiger partial charge in [-0.05, 0) is 64.7 Å². The standard InChI is InChI=1S/C45H31N4O2.Pt/c1-29(2)31-23-24-46-42(25-31)49-40-27-35(20-21-37(40)45-44(49)43-36-16-7-6-11-30(36)19-22-41(43)51-45)50-34-15-10-14-33(26-34)48-28-47(32-12-4-3-5-13-32)38-17-8-9-18-39(38)48;/h3-25,28-29H,1-2H3;/q-3;. The maximum atomic E-state index is 6.63. The number of nitrogens with zero attached hydrogens (tertiary/aromatic N) is 4. The van der Waals surface area contributed by atoms with E-state index >= 15 is 0 Å². The van der Waals surface area contributed by atoms with Crippen LogP contribution in [-0.4, -0.2) is 9.55 Å². The second kappa shape index (κ2) is 12.7. The van der Waals surface area contributed by atoms with Crippen molar-refractivity contribution >= 4 is 66.5 Å². The van der Waals surface area contributed by atoms with Crippen molar-refractivity contribution in [2.75, 3.05) is 9.80 Å². The topological polar surface area (TPSA) is 46.7 Å². The largest absolute Gasteiger partial charge is 0.509 e. The first kappa shape index (κ1) is 32.1. The second-order valence-electron chi connectivity index (χ2n) is 13.1. The van der Waals surface area contributed by atoms with Gasteiger partial charge in [-0.2, -0.15) is 12.1 Å². The molecule has 0 saturated heterocycles. The van der Waals surface area contributed by atoms with Crippen LogP contribution >= 0.6 is 0 Å². The average Bonchev–Trinajstić information content (AvgIpc) is 3.84. The fourth-order valence-electron chi connectivity index (χ4n) is 7.24. The molecule has 0 amide bonds. The monoisotopic (exact) mass is 854 g/mol. The second-order valence-corrected chi connectivity index (χ2v) is 13.1. The van der Waals surface area contributed by atoms with Crippen LogP contribution in [-0.2, 0) is 21.1 Å². The summed E-state index contributed by atoms with van der Waals surface area (Å²) in [5.41, 5.74) is 8.78. The minimum absolute atomic E-state index is 0. The molecule has 10 rings (SSSR count). The van der Waals surface area contributed by atoms with Gasteiger partial charge in [0.15, 0.2) is 0 Å². The molecule has 0 saturated carbocycles. The molecular weight excluding hydrogens is 824 g/mol. The van der Waals surface area contributed by atoms with E-state index < -0.39 is 0 Å². The molecule has 1 aliphatic heterocycles. The van der Waals surface area contributed by atoms with Gasteiger partial charge in [0, 0.05) is 55.8 Å². The molecule has 0 N–H and O–H groups in total. The summed E-state index contributed by atoms with van der Waals surface area (Å²) in [5.74, 6) is 2.31. The number of fused-ring (bicyclic) bond motifs is 8. The van der Waals surface area contributed by atoms with Gasteiger partial charge in [-0.3, -0.25) is 0 Å². The van der Waals surface area contributed by atoms with Crippen LogP contribution in [0.2, 0.25) is 0 Å². The Balaban J connectivity index is 0.00000360. The Labute approximate surface area is 315 Å². The maximum absolute atomic E-state index is 6.63. The fraction of sp³-hybridized carbons (Fsp3) is 0.0667. The smallest absolute Gasteiger partial charge is 0.136 e. The van der Waals surface area contributed by atoms with Gasteiger partial charge >= 0.3 is 0 Å². The molecule has 0 radical (unpaired) electrons. The number of ether oxygens (including phenoxy) is 1. The van der Waals surface area contributed by atoms with E-state index in [1.165, 1.54) is 5.56 Å². The van der Waals surface area contributed by atoms with Gasteiger partial charge in [0.25, 0.3) is 0 Å². The van der Waals surface area contributed by atoms with Crippen molar-refractivity contribution in [3.8, 4) is 17.3 Å². The number of rotatable bonds is 6. The van der Waals surface area contributed by atoms with Crippen LogP contribution in [0.25, 0.3) is 49.6 Å². The molecule has 1 aliphatic rings. The van der Waals surface area contributed by atoms with Gasteiger partial charge in [-0.15, -0.1) is 42.7 Å². The summed E-state index contributed by atoms with van der Waals surface area (Å²) >= 11 is 0. The predicted octanol–water partition coefficient (Wildman–Crippen LogP) is 12.0. The summed E-state index contributed by atoms with van der Waals surface area (Å²) in [7, 11) is 0. The molecule has 6 aromatic carbocycles. The molecule has 4 heterocycles. The molecule has 9 aromatic rings. The van der Waals surface area contributed by atoms with E-state index in [1.807, 2.05) is 36.5 Å². The molecule has 7 heteroatoms. The van der Waals surface area contributed by atoms with E-state index in [1.54, 1.807) is 0 Å². The molecule has 256 valence electrons. The van der Waals surface area contributed by atoms with Crippen LogP contribution in [0.3, 0.4) is 0 Å². The van der Waals surface area contributed by atoms with Gasteiger partial charge in [-0.25, -0.2) is 4.98 Å². The third-order valence-corrected chi connectivity index (χ3v) is 9.71. The van der Waals surface area contributed by atoms with Crippen LogP contribution in [0.15, 0.2) is 144 Å². The van der Waals surface area contributed by atoms with E-state index in [4.69, 9.17) is 14.1 Å². The number of benzene rings is 6. The van der Waals surface area contributed by atoms with Crippen molar-refractivity contribution in [3.05, 3.63) is 164 Å². The van der Waals surface area contributed by atoms with E-state index in [-0.39, 0.29) is 21.1 Å². The first-order valence-corrected chi connectivity index (χ1v) is 17.2. The zero-order valence-electron chi connectivity index (χ0n) is 28.4. The molecule has 0 spiro atoms. The van der Waals surface area contributed by atoms with Crippen LogP contribution in [0.4, 0.5) is 22.7 Å². The zero-order valence-corrected chi connectivity index (χ0v) is 30.6. The fourth-order valence-corrected chi connectivity index (χ4v) is 7.24. The Morgan fingerprint density at radius 3 is 2.33 bits per heavy atom. The van der Waals surface area contributed by atoms with Gasteiger partial charge in [0.1, 0.15) is 17.0 Å². The summed E-state index contributed by atoms with van der Waals surface area (Å²) in [6.07, 6.45) is 1.88. The number of anilines is 4. The molecule has 0 bridgehead atoms. The maximum Gasteiger partial charge on any atom is 0.136 e. The third kappa shape index (κ3) is 5.17. The molecule has 0 unspecified atom stereocenters. The van der Waals surface area contributed by atoms with Crippen LogP contribution in [0, 0.1) is 18.8 Å². The van der Waals surface area contributed by atoms with Gasteiger partial charge in [0.05, 0.1) is 10.9 Å². The van der Waals surface area contributed by atoms with Crippen molar-refractivity contribution in [1.29, 1.82) is 0 Å². The molecular formula is C45H31N4O2Pt-3. The minimum atomic E-state index is 0. The summed E-state index contributed by atoms with van der Waals surface area (Å²) in [6, 6.07) is 52.7. The number of pyridine rings is 1. The Morgan fingerprint density at radius 1 is 0.712 bits per heavy atom. The average molecular weight is 855 g/mol. The van der Waals surface area contributed by atoms with Gasteiger partial charge in [-0.1, -0.05) is 85.4 Å². The Hall–Kier alpha value is -5.84. The van der Waals surface area contributed by atoms with Crippen molar-refractivity contribution in [3.63, 3.8) is 0 Å². The molecule has 52 heavy (non-hydrogen) atoms. The molecule has 3 aromatic heterocycles. The minimum Gasteiger partial charge on any atom is -0.509 e. The zero-order chi connectivity index (χ0) is 34.1. The number of hydrogen-bond acceptors (Lipinski definition) is 5. The van der Waals surface area contributed by atoms with E-state index in [9.17, 15) is 0 Å². The SMILES string of the molecule is CC(C)c1ccnc(-n2c3[c-]c(Oc4[c-]c(N5[CH-]N(c6ccccc6)c6ccccc65)ccc4)ccc3c3oc4ccc5ccccc5c4c32)c1.[Pt]. The molecule has 0 atom stereocenters. The quantitative estimate of drug-likeness (QED) is 0.156. The summed E-state index contributed by atoms with van der Waals surface area (Å²) in [4.78, 5) is 9.22. The normalized spacial score (nSPS) is 12.7. The summed E-state index contributed by atoms with van der Waals surface area (Å²) in [5, 5.41) is 4.28. The number of aromatic nitrogens is 2. The molecule has 0 fully saturated rings. The van der Waals surface area contributed by atoms with Crippen molar-refractivity contribution < 1.29 is 30.2 Å². The van der Waals surface area contributed by atoms with Crippen molar-refractivity contribution in [2.45, 2.75) is 19.8 Å². The number of para-hydroxylation sites is 3. The van der Waals surface area contributed by atoms with Crippen LogP contribution < -0.4 is 14.5 Å². The van der Waals surface area contributed by atoms with Crippen LogP contribution in [0.1, 0.15) is 25.3 Å². The first-order chi connectivity index (χ1) is 25.1. The van der Waals surface area contributed by atoms with Crippen molar-refractivity contribution in [2.24, 2.45) is 0 Å².